The largest absolute Gasteiger partial charge is 0.545 e. The van der Waals surface area contributed by atoms with Gasteiger partial charge in [0.05, 0.1) is 27.7 Å². The zero-order valence-corrected chi connectivity index (χ0v) is 13.2. The molecule has 8 nitrogen and oxygen atoms in total. The number of thiazole rings is 1. The Morgan fingerprint density at radius 1 is 1.25 bits per heavy atom. The average Bonchev–Trinajstić information content (AvgIpc) is 2.96. The number of hydrogen-bond donors (Lipinski definition) is 1. The van der Waals surface area contributed by atoms with Crippen molar-refractivity contribution in [1.82, 2.24) is 4.98 Å². The molecule has 1 N–H and O–H groups in total. The molecular weight excluding hydrogens is 334 g/mol. The van der Waals surface area contributed by atoms with Crippen LogP contribution < -0.4 is 10.4 Å². The number of amides is 1. The van der Waals surface area contributed by atoms with Gasteiger partial charge in [0, 0.05) is 10.9 Å². The average molecular weight is 346 g/mol. The Labute approximate surface area is 140 Å². The molecule has 0 atom stereocenters. The quantitative estimate of drug-likeness (QED) is 0.661. The molecule has 1 aliphatic carbocycles. The molecule has 0 aliphatic heterocycles. The van der Waals surface area contributed by atoms with Crippen LogP contribution in [0.5, 0.6) is 0 Å². The van der Waals surface area contributed by atoms with Gasteiger partial charge in [-0.1, -0.05) is 6.07 Å². The van der Waals surface area contributed by atoms with Crippen LogP contribution in [0, 0.1) is 10.1 Å². The number of nitro groups is 1. The van der Waals surface area contributed by atoms with Crippen molar-refractivity contribution in [2.24, 2.45) is 0 Å². The number of aryl methyl sites for hydroxylation is 2. The third-order valence-corrected chi connectivity index (χ3v) is 4.83. The van der Waals surface area contributed by atoms with E-state index in [1.807, 2.05) is 0 Å². The number of aromatic nitrogens is 1. The third kappa shape index (κ3) is 2.98. The first-order chi connectivity index (χ1) is 11.5. The fourth-order valence-electron chi connectivity index (χ4n) is 2.67. The maximum Gasteiger partial charge on any atom is 0.279 e. The molecule has 0 saturated heterocycles. The lowest BCUT2D eigenvalue weighted by Crippen LogP contribution is -2.27. The number of benzene rings is 1. The first-order valence-corrected chi connectivity index (χ1v) is 8.07. The number of carbonyl (C=O) groups is 2. The number of nitrogens with one attached hydrogen (secondary N) is 1. The van der Waals surface area contributed by atoms with E-state index in [1.54, 1.807) is 0 Å². The van der Waals surface area contributed by atoms with E-state index in [2.05, 4.69) is 10.3 Å². The van der Waals surface area contributed by atoms with E-state index in [1.165, 1.54) is 23.5 Å². The molecule has 124 valence electrons. The Hall–Kier alpha value is -2.81. The molecule has 1 aromatic heterocycles. The van der Waals surface area contributed by atoms with Gasteiger partial charge in [-0.25, -0.2) is 4.98 Å². The second-order valence-electron chi connectivity index (χ2n) is 5.29. The van der Waals surface area contributed by atoms with E-state index in [0.717, 1.165) is 42.3 Å². The van der Waals surface area contributed by atoms with Crippen LogP contribution in [0.25, 0.3) is 0 Å². The molecule has 9 heteroatoms. The van der Waals surface area contributed by atoms with Crippen LogP contribution in [-0.4, -0.2) is 21.8 Å². The van der Waals surface area contributed by atoms with Gasteiger partial charge in [-0.3, -0.25) is 20.2 Å². The number of nitrogens with zero attached hydrogens (tertiary/aromatic N) is 2. The lowest BCUT2D eigenvalue weighted by Gasteiger charge is -2.10. The maximum absolute atomic E-state index is 12.4. The number of carbonyl (C=O) groups excluding carboxylic acids is 2. The van der Waals surface area contributed by atoms with Crippen LogP contribution in [0.2, 0.25) is 0 Å². The third-order valence-electron chi connectivity index (χ3n) is 3.75. The Morgan fingerprint density at radius 3 is 2.67 bits per heavy atom. The number of hydrogen-bond acceptors (Lipinski definition) is 7. The highest BCUT2D eigenvalue weighted by molar-refractivity contribution is 7.15. The van der Waals surface area contributed by atoms with Gasteiger partial charge in [0.1, 0.15) is 0 Å². The SMILES string of the molecule is O=C(Nc1nc2c(s1)CCCC2)c1cccc([N+](=O)[O-])c1C(=O)[O-]. The van der Waals surface area contributed by atoms with Gasteiger partial charge in [0.2, 0.25) is 0 Å². The minimum absolute atomic E-state index is 0.322. The predicted octanol–water partition coefficient (Wildman–Crippen LogP) is 1.55. The molecule has 1 heterocycles. The van der Waals surface area contributed by atoms with E-state index in [9.17, 15) is 24.8 Å². The summed E-state index contributed by atoms with van der Waals surface area (Å²) in [6, 6.07) is 3.48. The topological polar surface area (TPSA) is 125 Å². The van der Waals surface area contributed by atoms with Crippen molar-refractivity contribution in [3.63, 3.8) is 0 Å². The van der Waals surface area contributed by atoms with Gasteiger partial charge in [-0.15, -0.1) is 11.3 Å². The van der Waals surface area contributed by atoms with E-state index in [-0.39, 0.29) is 5.56 Å². The summed E-state index contributed by atoms with van der Waals surface area (Å²) in [7, 11) is 0. The summed E-state index contributed by atoms with van der Waals surface area (Å²) in [6.07, 6.45) is 3.87. The number of aromatic carboxylic acids is 1. The Balaban J connectivity index is 1.92. The molecule has 24 heavy (non-hydrogen) atoms. The van der Waals surface area contributed by atoms with Crippen LogP contribution in [0.3, 0.4) is 0 Å². The summed E-state index contributed by atoms with van der Waals surface area (Å²) in [5, 5.41) is 25.1. The lowest BCUT2D eigenvalue weighted by atomic mass is 10.0. The van der Waals surface area contributed by atoms with Crippen LogP contribution in [0.1, 0.15) is 44.1 Å². The van der Waals surface area contributed by atoms with E-state index in [4.69, 9.17) is 0 Å². The van der Waals surface area contributed by atoms with Gasteiger partial charge in [0.25, 0.3) is 11.6 Å². The zero-order valence-electron chi connectivity index (χ0n) is 12.4. The summed E-state index contributed by atoms with van der Waals surface area (Å²) in [5.74, 6) is -2.53. The Kier molecular flexibility index (Phi) is 4.26. The molecule has 0 radical (unpaired) electrons. The van der Waals surface area contributed by atoms with Crippen molar-refractivity contribution >= 4 is 34.0 Å². The number of rotatable bonds is 4. The molecular formula is C15H12N3O5S-. The fraction of sp³-hybridized carbons (Fsp3) is 0.267. The van der Waals surface area contributed by atoms with Crippen LogP contribution in [0.4, 0.5) is 10.8 Å². The highest BCUT2D eigenvalue weighted by Gasteiger charge is 2.24. The normalized spacial score (nSPS) is 13.2. The van der Waals surface area contributed by atoms with Gasteiger partial charge in [-0.05, 0) is 31.7 Å². The summed E-state index contributed by atoms with van der Waals surface area (Å²) in [4.78, 5) is 39.2. The second-order valence-corrected chi connectivity index (χ2v) is 6.38. The molecule has 1 amide bonds. The van der Waals surface area contributed by atoms with Gasteiger partial charge < -0.3 is 9.90 Å². The highest BCUT2D eigenvalue weighted by Crippen LogP contribution is 2.30. The van der Waals surface area contributed by atoms with E-state index in [0.29, 0.717) is 5.13 Å². The van der Waals surface area contributed by atoms with Gasteiger partial charge >= 0.3 is 0 Å². The monoisotopic (exact) mass is 346 g/mol. The fourth-order valence-corrected chi connectivity index (χ4v) is 3.71. The number of carboxylic acids is 1. The lowest BCUT2D eigenvalue weighted by molar-refractivity contribution is -0.385. The van der Waals surface area contributed by atoms with Crippen molar-refractivity contribution in [2.45, 2.75) is 25.7 Å². The number of carboxylic acid groups (broad SMARTS) is 1. The smallest absolute Gasteiger partial charge is 0.279 e. The van der Waals surface area contributed by atoms with Crippen LogP contribution in [-0.2, 0) is 12.8 Å². The van der Waals surface area contributed by atoms with Crippen molar-refractivity contribution in [2.75, 3.05) is 5.32 Å². The molecule has 0 bridgehead atoms. The van der Waals surface area contributed by atoms with Crippen LogP contribution >= 0.6 is 11.3 Å². The number of fused-ring (bicyclic) bond motifs is 1. The van der Waals surface area contributed by atoms with Crippen molar-refractivity contribution in [3.8, 4) is 0 Å². The molecule has 3 rings (SSSR count). The zero-order chi connectivity index (χ0) is 17.3. The highest BCUT2D eigenvalue weighted by atomic mass is 32.1. The number of anilines is 1. The summed E-state index contributed by atoms with van der Waals surface area (Å²) < 4.78 is 0. The second kappa shape index (κ2) is 6.36. The van der Waals surface area contributed by atoms with E-state index < -0.39 is 28.1 Å². The molecule has 0 spiro atoms. The van der Waals surface area contributed by atoms with Gasteiger partial charge in [-0.2, -0.15) is 0 Å². The molecule has 0 saturated carbocycles. The summed E-state index contributed by atoms with van der Waals surface area (Å²) >= 11 is 1.34. The van der Waals surface area contributed by atoms with Crippen molar-refractivity contribution < 1.29 is 19.6 Å². The van der Waals surface area contributed by atoms with Crippen molar-refractivity contribution in [3.05, 3.63) is 50.0 Å². The molecule has 0 unspecified atom stereocenters. The Morgan fingerprint density at radius 2 is 2.00 bits per heavy atom. The standard InChI is InChI=1S/C15H13N3O5S/c19-13(17-15-16-9-5-1-2-7-11(9)24-15)8-4-3-6-10(18(22)23)12(8)14(20)21/h3-4,6H,1-2,5,7H2,(H,20,21)(H,16,17,19)/p-1. The first-order valence-electron chi connectivity index (χ1n) is 7.26. The van der Waals surface area contributed by atoms with Crippen LogP contribution in [0.15, 0.2) is 18.2 Å². The van der Waals surface area contributed by atoms with Crippen molar-refractivity contribution in [1.29, 1.82) is 0 Å². The molecule has 1 aromatic carbocycles. The summed E-state index contributed by atoms with van der Waals surface area (Å²) in [6.45, 7) is 0. The van der Waals surface area contributed by atoms with E-state index >= 15 is 0 Å². The molecule has 2 aromatic rings. The maximum atomic E-state index is 12.4. The minimum atomic E-state index is -1.77. The minimum Gasteiger partial charge on any atom is -0.545 e. The first kappa shape index (κ1) is 16.1. The Bertz CT molecular complexity index is 822. The predicted molar refractivity (Wildman–Crippen MR) is 84.1 cm³/mol. The number of nitro benzene ring substituents is 1. The molecule has 1 aliphatic rings. The van der Waals surface area contributed by atoms with Gasteiger partial charge in [0.15, 0.2) is 5.13 Å². The summed E-state index contributed by atoms with van der Waals surface area (Å²) in [5.41, 5.74) is -0.791. The molecule has 0 fully saturated rings.